The average molecular weight is 497 g/mol. The highest BCUT2D eigenvalue weighted by Gasteiger charge is 2.32. The van der Waals surface area contributed by atoms with E-state index in [1.165, 1.54) is 4.90 Å². The van der Waals surface area contributed by atoms with Gasteiger partial charge in [-0.1, -0.05) is 41.6 Å². The number of ether oxygens (including phenoxy) is 2. The van der Waals surface area contributed by atoms with Crippen LogP contribution in [0.25, 0.3) is 6.08 Å². The van der Waals surface area contributed by atoms with Gasteiger partial charge < -0.3 is 14.8 Å². The van der Waals surface area contributed by atoms with Gasteiger partial charge in [-0.25, -0.2) is 4.99 Å². The van der Waals surface area contributed by atoms with Crippen molar-refractivity contribution in [3.63, 3.8) is 0 Å². The van der Waals surface area contributed by atoms with Gasteiger partial charge in [0.05, 0.1) is 23.1 Å². The van der Waals surface area contributed by atoms with Crippen LogP contribution in [-0.4, -0.2) is 29.5 Å². The van der Waals surface area contributed by atoms with Gasteiger partial charge in [-0.2, -0.15) is 5.26 Å². The Morgan fingerprint density at radius 1 is 1.14 bits per heavy atom. The van der Waals surface area contributed by atoms with E-state index in [-0.39, 0.29) is 30.1 Å². The van der Waals surface area contributed by atoms with Crippen LogP contribution in [0.15, 0.2) is 77.4 Å². The molecule has 0 saturated carbocycles. The summed E-state index contributed by atoms with van der Waals surface area (Å²) in [5, 5.41) is 12.2. The maximum atomic E-state index is 13.4. The van der Waals surface area contributed by atoms with E-state index in [2.05, 4.69) is 10.3 Å². The third-order valence-electron chi connectivity index (χ3n) is 5.43. The summed E-state index contributed by atoms with van der Waals surface area (Å²) in [5.41, 5.74) is 3.70. The number of fused-ring (bicyclic) bond motifs is 1. The second-order valence-electron chi connectivity index (χ2n) is 8.04. The van der Waals surface area contributed by atoms with Gasteiger partial charge in [-0.15, -0.1) is 0 Å². The Kier molecular flexibility index (Phi) is 6.43. The van der Waals surface area contributed by atoms with Crippen LogP contribution in [0.4, 0.5) is 11.4 Å². The van der Waals surface area contributed by atoms with Crippen molar-refractivity contribution in [1.82, 2.24) is 0 Å². The molecule has 0 bridgehead atoms. The van der Waals surface area contributed by atoms with Crippen molar-refractivity contribution in [2.45, 2.75) is 6.92 Å². The average Bonchev–Trinajstić information content (AvgIpc) is 3.47. The number of nitrogens with one attached hydrogen (secondary N) is 1. The van der Waals surface area contributed by atoms with Gasteiger partial charge in [0, 0.05) is 5.69 Å². The molecule has 36 heavy (non-hydrogen) atoms. The van der Waals surface area contributed by atoms with E-state index in [0.717, 1.165) is 22.9 Å². The lowest BCUT2D eigenvalue weighted by atomic mass is 10.1. The molecule has 9 heteroatoms. The summed E-state index contributed by atoms with van der Waals surface area (Å²) in [6.45, 7) is 2.13. The second kappa shape index (κ2) is 9.98. The van der Waals surface area contributed by atoms with Crippen molar-refractivity contribution in [3.8, 4) is 17.6 Å². The van der Waals surface area contributed by atoms with E-state index in [9.17, 15) is 9.59 Å². The van der Waals surface area contributed by atoms with Crippen LogP contribution in [0.5, 0.6) is 11.5 Å². The molecule has 8 nitrogen and oxygen atoms in total. The highest BCUT2D eigenvalue weighted by molar-refractivity contribution is 8.14. The van der Waals surface area contributed by atoms with Crippen molar-refractivity contribution < 1.29 is 19.1 Å². The Balaban J connectivity index is 1.38. The lowest BCUT2D eigenvalue weighted by Crippen LogP contribution is -2.31. The number of thioether (sulfide) groups is 1. The molecule has 2 amide bonds. The van der Waals surface area contributed by atoms with E-state index < -0.39 is 0 Å². The minimum Gasteiger partial charge on any atom is -0.454 e. The number of nitrogens with zero attached hydrogens (tertiary/aromatic N) is 3. The molecular formula is C27H20N4O4S. The summed E-state index contributed by atoms with van der Waals surface area (Å²) in [7, 11) is 0. The summed E-state index contributed by atoms with van der Waals surface area (Å²) in [6, 6.07) is 21.7. The molecule has 2 heterocycles. The normalized spacial score (nSPS) is 15.1. The topological polar surface area (TPSA) is 104 Å². The first-order chi connectivity index (χ1) is 17.5. The second-order valence-corrected chi connectivity index (χ2v) is 8.98. The number of nitriles is 1. The first-order valence-corrected chi connectivity index (χ1v) is 12.0. The van der Waals surface area contributed by atoms with Gasteiger partial charge in [-0.3, -0.25) is 14.5 Å². The van der Waals surface area contributed by atoms with E-state index in [1.54, 1.807) is 42.5 Å². The Bertz CT molecular complexity index is 1460. The van der Waals surface area contributed by atoms with Gasteiger partial charge in [-0.05, 0) is 61.0 Å². The molecule has 0 aliphatic carbocycles. The van der Waals surface area contributed by atoms with Gasteiger partial charge in [0.2, 0.25) is 12.7 Å². The number of carbonyl (C=O) groups is 2. The molecule has 0 atom stereocenters. The lowest BCUT2D eigenvalue weighted by Gasteiger charge is -2.18. The summed E-state index contributed by atoms with van der Waals surface area (Å²) < 4.78 is 10.8. The molecule has 5 rings (SSSR count). The Morgan fingerprint density at radius 2 is 1.94 bits per heavy atom. The number of carbonyl (C=O) groups excluding carboxylic acids is 2. The first kappa shape index (κ1) is 23.2. The SMILES string of the molecule is Cc1ccc(N2C(=O)/C(=C\c3ccc4c(c3)OCO4)N=C2SCC(=O)Nc2cccc(C#N)c2)cc1. The molecule has 0 spiro atoms. The van der Waals surface area contributed by atoms with Crippen LogP contribution in [0.3, 0.4) is 0 Å². The van der Waals surface area contributed by atoms with Gasteiger partial charge >= 0.3 is 0 Å². The Morgan fingerprint density at radius 3 is 2.75 bits per heavy atom. The first-order valence-electron chi connectivity index (χ1n) is 11.0. The standard InChI is InChI=1S/C27H20N4O4S/c1-17-5-8-21(9-6-17)31-26(33)22(12-18-7-10-23-24(13-18)35-16-34-23)30-27(31)36-15-25(32)29-20-4-2-3-19(11-20)14-28/h2-13H,15-16H2,1H3,(H,29,32)/b22-12+. The number of amides is 2. The fourth-order valence-corrected chi connectivity index (χ4v) is 4.48. The maximum absolute atomic E-state index is 13.4. The lowest BCUT2D eigenvalue weighted by molar-refractivity contribution is -0.114. The molecule has 0 aromatic heterocycles. The number of aliphatic imine (C=N–C) groups is 1. The predicted molar refractivity (Wildman–Crippen MR) is 139 cm³/mol. The van der Waals surface area contributed by atoms with Gasteiger partial charge in [0.15, 0.2) is 16.7 Å². The Labute approximate surface area is 211 Å². The van der Waals surface area contributed by atoms with Gasteiger partial charge in [0.1, 0.15) is 5.70 Å². The van der Waals surface area contributed by atoms with Gasteiger partial charge in [0.25, 0.3) is 5.91 Å². The zero-order valence-electron chi connectivity index (χ0n) is 19.2. The van der Waals surface area contributed by atoms with Crippen LogP contribution >= 0.6 is 11.8 Å². The van der Waals surface area contributed by atoms with E-state index in [1.807, 2.05) is 43.3 Å². The molecule has 0 radical (unpaired) electrons. The molecule has 0 unspecified atom stereocenters. The van der Waals surface area contributed by atoms with Crippen molar-refractivity contribution in [2.24, 2.45) is 4.99 Å². The van der Waals surface area contributed by atoms with Crippen LogP contribution in [0.1, 0.15) is 16.7 Å². The molecule has 178 valence electrons. The van der Waals surface area contributed by atoms with Crippen molar-refractivity contribution in [2.75, 3.05) is 22.8 Å². The van der Waals surface area contributed by atoms with E-state index >= 15 is 0 Å². The smallest absolute Gasteiger partial charge is 0.283 e. The summed E-state index contributed by atoms with van der Waals surface area (Å²) in [4.78, 5) is 32.1. The molecule has 2 aliphatic heterocycles. The molecular weight excluding hydrogens is 476 g/mol. The zero-order valence-corrected chi connectivity index (χ0v) is 20.0. The third kappa shape index (κ3) is 4.94. The molecule has 2 aliphatic rings. The van der Waals surface area contributed by atoms with Crippen LogP contribution in [0, 0.1) is 18.3 Å². The number of aryl methyl sites for hydroxylation is 1. The quantitative estimate of drug-likeness (QED) is 0.513. The zero-order chi connectivity index (χ0) is 25.1. The third-order valence-corrected chi connectivity index (χ3v) is 6.37. The highest BCUT2D eigenvalue weighted by Crippen LogP contribution is 2.34. The van der Waals surface area contributed by atoms with Crippen molar-refractivity contribution >= 4 is 46.2 Å². The van der Waals surface area contributed by atoms with Crippen LogP contribution in [0.2, 0.25) is 0 Å². The largest absolute Gasteiger partial charge is 0.454 e. The maximum Gasteiger partial charge on any atom is 0.283 e. The Hall–Kier alpha value is -4.55. The minimum atomic E-state index is -0.291. The predicted octanol–water partition coefficient (Wildman–Crippen LogP) is 4.71. The number of benzene rings is 3. The molecule has 3 aromatic carbocycles. The summed E-state index contributed by atoms with van der Waals surface area (Å²) >= 11 is 1.16. The van der Waals surface area contributed by atoms with E-state index in [4.69, 9.17) is 14.7 Å². The monoisotopic (exact) mass is 496 g/mol. The number of anilines is 2. The number of hydrogen-bond donors (Lipinski definition) is 1. The molecule has 3 aromatic rings. The minimum absolute atomic E-state index is 0.0303. The molecule has 1 N–H and O–H groups in total. The molecule has 0 fully saturated rings. The number of rotatable bonds is 5. The number of hydrogen-bond acceptors (Lipinski definition) is 7. The fourth-order valence-electron chi connectivity index (χ4n) is 3.67. The van der Waals surface area contributed by atoms with Crippen LogP contribution in [-0.2, 0) is 9.59 Å². The van der Waals surface area contributed by atoms with E-state index in [0.29, 0.717) is 33.6 Å². The fraction of sp³-hybridized carbons (Fsp3) is 0.111. The van der Waals surface area contributed by atoms with Crippen LogP contribution < -0.4 is 19.7 Å². The highest BCUT2D eigenvalue weighted by atomic mass is 32.2. The molecule has 0 saturated heterocycles. The van der Waals surface area contributed by atoms with Crippen molar-refractivity contribution in [3.05, 3.63) is 89.1 Å². The number of amidine groups is 1. The summed E-state index contributed by atoms with van der Waals surface area (Å²) in [6.07, 6.45) is 1.69. The summed E-state index contributed by atoms with van der Waals surface area (Å²) in [5.74, 6) is 0.731. The van der Waals surface area contributed by atoms with Crippen molar-refractivity contribution in [1.29, 1.82) is 5.26 Å².